The third-order valence-electron chi connectivity index (χ3n) is 2.85. The SMILES string of the molecule is Cc1ccc(C(=O)CSc2ncc(C(F)(F)F)cc2Cl)cc1. The summed E-state index contributed by atoms with van der Waals surface area (Å²) in [4.78, 5) is 15.7. The molecule has 116 valence electrons. The maximum Gasteiger partial charge on any atom is 0.417 e. The van der Waals surface area contributed by atoms with Crippen molar-refractivity contribution < 1.29 is 18.0 Å². The Balaban J connectivity index is 2.05. The van der Waals surface area contributed by atoms with Crippen LogP contribution in [0.25, 0.3) is 0 Å². The molecule has 0 aliphatic carbocycles. The van der Waals surface area contributed by atoms with Gasteiger partial charge in [-0.1, -0.05) is 53.2 Å². The summed E-state index contributed by atoms with van der Waals surface area (Å²) in [5.74, 6) is -0.0796. The molecule has 1 aromatic carbocycles. The molecule has 0 aliphatic heterocycles. The summed E-state index contributed by atoms with van der Waals surface area (Å²) in [5, 5.41) is 0.0895. The fourth-order valence-electron chi connectivity index (χ4n) is 1.64. The first-order valence-electron chi connectivity index (χ1n) is 6.23. The van der Waals surface area contributed by atoms with Gasteiger partial charge in [-0.25, -0.2) is 4.98 Å². The number of pyridine rings is 1. The molecule has 2 aromatic rings. The Morgan fingerprint density at radius 1 is 1.27 bits per heavy atom. The molecule has 0 fully saturated rings. The summed E-state index contributed by atoms with van der Waals surface area (Å²) in [7, 11) is 0. The van der Waals surface area contributed by atoms with Crippen LogP contribution in [0.1, 0.15) is 21.5 Å². The molecule has 0 radical (unpaired) electrons. The Bertz CT molecular complexity index is 686. The summed E-state index contributed by atoms with van der Waals surface area (Å²) < 4.78 is 37.5. The first kappa shape index (κ1) is 16.8. The number of rotatable bonds is 4. The van der Waals surface area contributed by atoms with E-state index in [0.29, 0.717) is 11.8 Å². The highest BCUT2D eigenvalue weighted by Gasteiger charge is 2.31. The van der Waals surface area contributed by atoms with Gasteiger partial charge in [-0.3, -0.25) is 4.79 Å². The van der Waals surface area contributed by atoms with E-state index in [2.05, 4.69) is 4.98 Å². The van der Waals surface area contributed by atoms with E-state index in [1.807, 2.05) is 19.1 Å². The predicted octanol–water partition coefficient (Wildman–Crippen LogP) is 5.04. The first-order valence-corrected chi connectivity index (χ1v) is 7.59. The minimum absolute atomic E-state index is 0.0567. The Labute approximate surface area is 134 Å². The van der Waals surface area contributed by atoms with E-state index >= 15 is 0 Å². The van der Waals surface area contributed by atoms with Gasteiger partial charge in [0, 0.05) is 11.8 Å². The number of halogens is 4. The average Bonchev–Trinajstić information content (AvgIpc) is 2.45. The third-order valence-corrected chi connectivity index (χ3v) is 4.25. The van der Waals surface area contributed by atoms with Crippen LogP contribution in [0.5, 0.6) is 0 Å². The zero-order valence-corrected chi connectivity index (χ0v) is 13.0. The normalized spacial score (nSPS) is 11.5. The van der Waals surface area contributed by atoms with Crippen molar-refractivity contribution in [2.24, 2.45) is 0 Å². The molecule has 2 rings (SSSR count). The second-order valence-corrected chi connectivity index (χ2v) is 5.96. The number of ketones is 1. The molecule has 2 nitrogen and oxygen atoms in total. The number of nitrogens with zero attached hydrogens (tertiary/aromatic N) is 1. The summed E-state index contributed by atoms with van der Waals surface area (Å²) in [6.07, 6.45) is -3.78. The van der Waals surface area contributed by atoms with Crippen molar-refractivity contribution in [3.63, 3.8) is 0 Å². The minimum Gasteiger partial charge on any atom is -0.293 e. The second-order valence-electron chi connectivity index (χ2n) is 4.59. The summed E-state index contributed by atoms with van der Waals surface area (Å²) in [6, 6.07) is 7.87. The molecular formula is C15H11ClF3NOS. The zero-order valence-electron chi connectivity index (χ0n) is 11.4. The van der Waals surface area contributed by atoms with E-state index in [9.17, 15) is 18.0 Å². The monoisotopic (exact) mass is 345 g/mol. The number of carbonyl (C=O) groups is 1. The molecular weight excluding hydrogens is 335 g/mol. The van der Waals surface area contributed by atoms with Crippen molar-refractivity contribution in [2.75, 3.05) is 5.75 Å². The van der Waals surface area contributed by atoms with Crippen molar-refractivity contribution in [2.45, 2.75) is 18.1 Å². The van der Waals surface area contributed by atoms with E-state index in [1.165, 1.54) is 0 Å². The maximum atomic E-state index is 12.5. The van der Waals surface area contributed by atoms with Crippen LogP contribution in [-0.4, -0.2) is 16.5 Å². The van der Waals surface area contributed by atoms with E-state index < -0.39 is 11.7 Å². The van der Waals surface area contributed by atoms with Crippen molar-refractivity contribution in [1.82, 2.24) is 4.98 Å². The average molecular weight is 346 g/mol. The van der Waals surface area contributed by atoms with Crippen molar-refractivity contribution in [3.05, 3.63) is 58.2 Å². The van der Waals surface area contributed by atoms with Crippen LogP contribution < -0.4 is 0 Å². The number of aryl methyl sites for hydroxylation is 1. The van der Waals surface area contributed by atoms with E-state index in [4.69, 9.17) is 11.6 Å². The number of Topliss-reactive ketones (excluding diaryl/α,β-unsaturated/α-hetero) is 1. The highest BCUT2D eigenvalue weighted by Crippen LogP contribution is 2.33. The highest BCUT2D eigenvalue weighted by atomic mass is 35.5. The van der Waals surface area contributed by atoms with Crippen molar-refractivity contribution in [1.29, 1.82) is 0 Å². The lowest BCUT2D eigenvalue weighted by molar-refractivity contribution is -0.137. The lowest BCUT2D eigenvalue weighted by Crippen LogP contribution is -2.06. The van der Waals surface area contributed by atoms with Gasteiger partial charge in [0.2, 0.25) is 0 Å². The van der Waals surface area contributed by atoms with Crippen LogP contribution in [0.3, 0.4) is 0 Å². The van der Waals surface area contributed by atoms with Gasteiger partial charge < -0.3 is 0 Å². The van der Waals surface area contributed by atoms with Gasteiger partial charge in [-0.05, 0) is 13.0 Å². The van der Waals surface area contributed by atoms with Crippen LogP contribution in [-0.2, 0) is 6.18 Å². The highest BCUT2D eigenvalue weighted by molar-refractivity contribution is 8.00. The van der Waals surface area contributed by atoms with Gasteiger partial charge in [0.25, 0.3) is 0 Å². The fraction of sp³-hybridized carbons (Fsp3) is 0.200. The summed E-state index contributed by atoms with van der Waals surface area (Å²) in [5.41, 5.74) is 0.671. The first-order chi connectivity index (χ1) is 10.3. The van der Waals surface area contributed by atoms with E-state index in [-0.39, 0.29) is 21.6 Å². The quantitative estimate of drug-likeness (QED) is 0.574. The standard InChI is InChI=1S/C15H11ClF3NOS/c1-9-2-4-10(5-3-9)13(21)8-22-14-12(16)6-11(7-20-14)15(17,18)19/h2-7H,8H2,1H3. The van der Waals surface area contributed by atoms with Gasteiger partial charge in [-0.2, -0.15) is 13.2 Å². The van der Waals surface area contributed by atoms with Crippen LogP contribution in [0, 0.1) is 6.92 Å². The molecule has 0 unspecified atom stereocenters. The molecule has 0 saturated heterocycles. The Morgan fingerprint density at radius 2 is 1.91 bits per heavy atom. The summed E-state index contributed by atoms with van der Waals surface area (Å²) >= 11 is 6.80. The van der Waals surface area contributed by atoms with Gasteiger partial charge in [-0.15, -0.1) is 0 Å². The molecule has 0 N–H and O–H groups in total. The zero-order chi connectivity index (χ0) is 16.3. The van der Waals surface area contributed by atoms with Crippen LogP contribution >= 0.6 is 23.4 Å². The van der Waals surface area contributed by atoms with Gasteiger partial charge >= 0.3 is 6.18 Å². The van der Waals surface area contributed by atoms with Gasteiger partial charge in [0.05, 0.1) is 16.3 Å². The molecule has 1 aromatic heterocycles. The van der Waals surface area contributed by atoms with Crippen molar-refractivity contribution >= 4 is 29.1 Å². The Morgan fingerprint density at radius 3 is 2.45 bits per heavy atom. The summed E-state index contributed by atoms with van der Waals surface area (Å²) in [6.45, 7) is 1.91. The Hall–Kier alpha value is -1.53. The van der Waals surface area contributed by atoms with Crippen molar-refractivity contribution in [3.8, 4) is 0 Å². The number of aromatic nitrogens is 1. The topological polar surface area (TPSA) is 30.0 Å². The number of benzene rings is 1. The van der Waals surface area contributed by atoms with Gasteiger partial charge in [0.15, 0.2) is 5.78 Å². The van der Waals surface area contributed by atoms with E-state index in [0.717, 1.165) is 23.4 Å². The molecule has 0 amide bonds. The largest absolute Gasteiger partial charge is 0.417 e. The smallest absolute Gasteiger partial charge is 0.293 e. The number of hydrogen-bond acceptors (Lipinski definition) is 3. The third kappa shape index (κ3) is 4.24. The van der Waals surface area contributed by atoms with Crippen LogP contribution in [0.2, 0.25) is 5.02 Å². The molecule has 0 saturated carbocycles. The van der Waals surface area contributed by atoms with Crippen LogP contribution in [0.4, 0.5) is 13.2 Å². The molecule has 0 bridgehead atoms. The minimum atomic E-state index is -4.49. The van der Waals surface area contributed by atoms with Gasteiger partial charge in [0.1, 0.15) is 5.03 Å². The number of carbonyl (C=O) groups excluding carboxylic acids is 1. The lowest BCUT2D eigenvalue weighted by Gasteiger charge is -2.08. The molecule has 0 aliphatic rings. The molecule has 7 heteroatoms. The maximum absolute atomic E-state index is 12.5. The molecule has 0 spiro atoms. The Kier molecular flexibility index (Phi) is 5.13. The predicted molar refractivity (Wildman–Crippen MR) is 80.5 cm³/mol. The molecule has 0 atom stereocenters. The number of thioether (sulfide) groups is 1. The fourth-order valence-corrected chi connectivity index (χ4v) is 2.73. The molecule has 1 heterocycles. The number of hydrogen-bond donors (Lipinski definition) is 0. The molecule has 22 heavy (non-hydrogen) atoms. The second kappa shape index (κ2) is 6.71. The lowest BCUT2D eigenvalue weighted by atomic mass is 10.1. The number of alkyl halides is 3. The van der Waals surface area contributed by atoms with E-state index in [1.54, 1.807) is 12.1 Å². The van der Waals surface area contributed by atoms with Crippen LogP contribution in [0.15, 0.2) is 41.6 Å².